The Morgan fingerprint density at radius 1 is 0.903 bits per heavy atom. The standard InChI is InChI=1S/C27H27NO3/c1-18-10-12-22-21(14-18)27(4,20-8-6-5-7-9-20)16-26(2,3)28(22)25(29)19-11-13-23-24(15-19)31-17-30-23/h5-15H,16-17H2,1-4H3. The van der Waals surface area contributed by atoms with Crippen molar-refractivity contribution in [2.45, 2.75) is 45.1 Å². The fourth-order valence-corrected chi connectivity index (χ4v) is 5.26. The first kappa shape index (κ1) is 19.7. The molecule has 0 saturated heterocycles. The second kappa shape index (κ2) is 6.88. The number of amides is 1. The minimum absolute atomic E-state index is 0.0245. The van der Waals surface area contributed by atoms with E-state index < -0.39 is 0 Å². The Kier molecular flexibility index (Phi) is 4.37. The third kappa shape index (κ3) is 3.09. The maximum absolute atomic E-state index is 13.8. The summed E-state index contributed by atoms with van der Waals surface area (Å²) in [6.45, 7) is 8.91. The van der Waals surface area contributed by atoms with Crippen molar-refractivity contribution in [1.82, 2.24) is 0 Å². The number of carbonyl (C=O) groups excluding carboxylic acids is 1. The van der Waals surface area contributed by atoms with Crippen molar-refractivity contribution in [3.05, 3.63) is 89.0 Å². The number of rotatable bonds is 2. The van der Waals surface area contributed by atoms with Gasteiger partial charge in [0.2, 0.25) is 6.79 Å². The third-order valence-electron chi connectivity index (χ3n) is 6.61. The molecule has 3 aromatic rings. The Morgan fingerprint density at radius 3 is 2.42 bits per heavy atom. The highest BCUT2D eigenvalue weighted by Crippen LogP contribution is 2.51. The minimum Gasteiger partial charge on any atom is -0.454 e. The number of aryl methyl sites for hydroxylation is 1. The van der Waals surface area contributed by atoms with E-state index in [1.807, 2.05) is 23.1 Å². The van der Waals surface area contributed by atoms with Gasteiger partial charge in [0.1, 0.15) is 0 Å². The van der Waals surface area contributed by atoms with E-state index >= 15 is 0 Å². The first-order chi connectivity index (χ1) is 14.8. The molecule has 0 radical (unpaired) electrons. The predicted molar refractivity (Wildman–Crippen MR) is 122 cm³/mol. The van der Waals surface area contributed by atoms with Gasteiger partial charge in [-0.15, -0.1) is 0 Å². The van der Waals surface area contributed by atoms with Crippen LogP contribution in [0.2, 0.25) is 0 Å². The van der Waals surface area contributed by atoms with Crippen LogP contribution in [-0.4, -0.2) is 18.2 Å². The van der Waals surface area contributed by atoms with Gasteiger partial charge in [0, 0.05) is 22.2 Å². The first-order valence-electron chi connectivity index (χ1n) is 10.7. The predicted octanol–water partition coefficient (Wildman–Crippen LogP) is 5.86. The van der Waals surface area contributed by atoms with Crippen LogP contribution in [0.15, 0.2) is 66.7 Å². The Bertz CT molecular complexity index is 1170. The lowest BCUT2D eigenvalue weighted by atomic mass is 9.65. The topological polar surface area (TPSA) is 38.8 Å². The second-order valence-corrected chi connectivity index (χ2v) is 9.42. The largest absolute Gasteiger partial charge is 0.454 e. The molecule has 5 rings (SSSR count). The molecule has 0 saturated carbocycles. The normalized spacial score (nSPS) is 21.0. The van der Waals surface area contributed by atoms with Crippen LogP contribution in [0, 0.1) is 6.92 Å². The minimum atomic E-state index is -0.389. The van der Waals surface area contributed by atoms with Crippen LogP contribution in [0.3, 0.4) is 0 Å². The van der Waals surface area contributed by atoms with Crippen LogP contribution < -0.4 is 14.4 Å². The van der Waals surface area contributed by atoms with Gasteiger partial charge in [-0.25, -0.2) is 0 Å². The summed E-state index contributed by atoms with van der Waals surface area (Å²) >= 11 is 0. The van der Waals surface area contributed by atoms with E-state index in [0.717, 1.165) is 12.1 Å². The Morgan fingerprint density at radius 2 is 1.65 bits per heavy atom. The lowest BCUT2D eigenvalue weighted by molar-refractivity contribution is 0.0948. The van der Waals surface area contributed by atoms with Gasteiger partial charge in [-0.3, -0.25) is 4.79 Å². The molecule has 0 spiro atoms. The van der Waals surface area contributed by atoms with E-state index in [4.69, 9.17) is 9.47 Å². The second-order valence-electron chi connectivity index (χ2n) is 9.42. The highest BCUT2D eigenvalue weighted by atomic mass is 16.7. The highest BCUT2D eigenvalue weighted by molar-refractivity contribution is 6.08. The third-order valence-corrected chi connectivity index (χ3v) is 6.61. The number of nitrogens with zero attached hydrogens (tertiary/aromatic N) is 1. The van der Waals surface area contributed by atoms with Crippen molar-refractivity contribution in [3.8, 4) is 11.5 Å². The molecule has 2 heterocycles. The van der Waals surface area contributed by atoms with Crippen LogP contribution in [0.4, 0.5) is 5.69 Å². The summed E-state index contributed by atoms with van der Waals surface area (Å²) in [7, 11) is 0. The molecule has 4 heteroatoms. The van der Waals surface area contributed by atoms with Crippen LogP contribution in [0.25, 0.3) is 0 Å². The summed E-state index contributed by atoms with van der Waals surface area (Å²) in [5.41, 5.74) is 4.63. The highest BCUT2D eigenvalue weighted by Gasteiger charge is 2.48. The molecule has 2 aliphatic rings. The molecule has 158 valence electrons. The van der Waals surface area contributed by atoms with Crippen molar-refractivity contribution in [2.75, 3.05) is 11.7 Å². The fourth-order valence-electron chi connectivity index (χ4n) is 5.26. The van der Waals surface area contributed by atoms with Crippen molar-refractivity contribution in [2.24, 2.45) is 0 Å². The van der Waals surface area contributed by atoms with Gasteiger partial charge >= 0.3 is 0 Å². The summed E-state index contributed by atoms with van der Waals surface area (Å²) in [5.74, 6) is 1.28. The van der Waals surface area contributed by atoms with Gasteiger partial charge in [0.05, 0.1) is 0 Å². The van der Waals surface area contributed by atoms with Crippen LogP contribution in [0.1, 0.15) is 54.2 Å². The van der Waals surface area contributed by atoms with E-state index in [1.165, 1.54) is 16.7 Å². The zero-order valence-corrected chi connectivity index (χ0v) is 18.4. The van der Waals surface area contributed by atoms with Gasteiger partial charge < -0.3 is 14.4 Å². The van der Waals surface area contributed by atoms with Crippen LogP contribution in [0.5, 0.6) is 11.5 Å². The Labute approximate surface area is 183 Å². The molecule has 0 aromatic heterocycles. The average molecular weight is 414 g/mol. The van der Waals surface area contributed by atoms with Gasteiger partial charge in [-0.05, 0) is 62.6 Å². The van der Waals surface area contributed by atoms with Crippen molar-refractivity contribution in [1.29, 1.82) is 0 Å². The van der Waals surface area contributed by atoms with Gasteiger partial charge in [0.25, 0.3) is 5.91 Å². The number of anilines is 1. The lowest BCUT2D eigenvalue weighted by Crippen LogP contribution is -2.55. The quantitative estimate of drug-likeness (QED) is 0.528. The molecule has 1 atom stereocenters. The molecule has 3 aromatic carbocycles. The van der Waals surface area contributed by atoms with Crippen molar-refractivity contribution < 1.29 is 14.3 Å². The van der Waals surface area contributed by atoms with E-state index in [9.17, 15) is 4.79 Å². The SMILES string of the molecule is Cc1ccc2c(c1)C(C)(c1ccccc1)CC(C)(C)N2C(=O)c1ccc2c(c1)OCO2. The summed E-state index contributed by atoms with van der Waals surface area (Å²) in [6, 6.07) is 22.5. The zero-order chi connectivity index (χ0) is 21.8. The Hall–Kier alpha value is -3.27. The smallest absolute Gasteiger partial charge is 0.258 e. The molecule has 4 nitrogen and oxygen atoms in total. The summed E-state index contributed by atoms with van der Waals surface area (Å²) in [6.07, 6.45) is 0.816. The molecule has 2 aliphatic heterocycles. The fraction of sp³-hybridized carbons (Fsp3) is 0.296. The summed E-state index contributed by atoms with van der Waals surface area (Å²) in [4.78, 5) is 15.8. The van der Waals surface area contributed by atoms with E-state index in [0.29, 0.717) is 17.1 Å². The number of fused-ring (bicyclic) bond motifs is 2. The monoisotopic (exact) mass is 413 g/mol. The molecule has 0 fully saturated rings. The zero-order valence-electron chi connectivity index (χ0n) is 18.4. The molecule has 0 aliphatic carbocycles. The first-order valence-corrected chi connectivity index (χ1v) is 10.7. The van der Waals surface area contributed by atoms with E-state index in [2.05, 4.69) is 70.2 Å². The van der Waals surface area contributed by atoms with E-state index in [1.54, 1.807) is 6.07 Å². The number of hydrogen-bond acceptors (Lipinski definition) is 3. The van der Waals surface area contributed by atoms with Crippen LogP contribution in [-0.2, 0) is 5.41 Å². The maximum atomic E-state index is 13.8. The number of hydrogen-bond donors (Lipinski definition) is 0. The number of benzene rings is 3. The molecule has 0 N–H and O–H groups in total. The number of carbonyl (C=O) groups is 1. The summed E-state index contributed by atoms with van der Waals surface area (Å²) < 4.78 is 10.9. The molecule has 31 heavy (non-hydrogen) atoms. The average Bonchev–Trinajstić information content (AvgIpc) is 3.22. The van der Waals surface area contributed by atoms with Crippen molar-refractivity contribution >= 4 is 11.6 Å². The molecular weight excluding hydrogens is 386 g/mol. The lowest BCUT2D eigenvalue weighted by Gasteiger charge is -2.51. The van der Waals surface area contributed by atoms with E-state index in [-0.39, 0.29) is 23.7 Å². The summed E-state index contributed by atoms with van der Waals surface area (Å²) in [5, 5.41) is 0. The molecule has 0 bridgehead atoms. The van der Waals surface area contributed by atoms with Gasteiger partial charge in [0.15, 0.2) is 11.5 Å². The maximum Gasteiger partial charge on any atom is 0.258 e. The van der Waals surface area contributed by atoms with Gasteiger partial charge in [-0.2, -0.15) is 0 Å². The molecule has 1 unspecified atom stereocenters. The molecule has 1 amide bonds. The molecular formula is C27H27NO3. The Balaban J connectivity index is 1.66. The van der Waals surface area contributed by atoms with Crippen LogP contribution >= 0.6 is 0 Å². The number of ether oxygens (including phenoxy) is 2. The van der Waals surface area contributed by atoms with Gasteiger partial charge in [-0.1, -0.05) is 55.0 Å². The van der Waals surface area contributed by atoms with Crippen molar-refractivity contribution in [3.63, 3.8) is 0 Å².